The molecule has 5 rings (SSSR count). The maximum absolute atomic E-state index is 12.5. The molecule has 0 unspecified atom stereocenters. The average Bonchev–Trinajstić information content (AvgIpc) is 3.34. The Morgan fingerprint density at radius 1 is 0.690 bits per heavy atom. The standard InChI is InChI=1S/C57H88O13Si/c1-37(2)71(38(3)4,39(5)6)68-36-50-53(66-34-43-21-27-46(61-13)28-22-43)51(65-33-42-19-25-45(60-12)26-20-42)41(8)52(69-50)54(67-35-44-23-29-47(62-14)30-24-44)57(63-15)32-48(58)40(7)49(70-57)18-16-17-31-64-55(59)56(9,10)11/h19-30,37-41,48-54,58H,16-18,31-36H2,1-15H3/t40-,41-,48+,49-,50-,51-,52-,53-,54+,57-/m1/s1. The summed E-state index contributed by atoms with van der Waals surface area (Å²) in [5, 5.41) is 12.1. The molecule has 13 nitrogen and oxygen atoms in total. The molecule has 0 radical (unpaired) electrons. The Balaban J connectivity index is 1.60. The summed E-state index contributed by atoms with van der Waals surface area (Å²) in [5.74, 6) is -0.0475. The third-order valence-corrected chi connectivity index (χ3v) is 21.0. The van der Waals surface area contributed by atoms with Gasteiger partial charge < -0.3 is 56.9 Å². The fraction of sp³-hybridized carbons (Fsp3) is 0.667. The number of carbonyl (C=O) groups is 1. The lowest BCUT2D eigenvalue weighted by Gasteiger charge is -2.54. The first kappa shape index (κ1) is 58.3. The highest BCUT2D eigenvalue weighted by atomic mass is 28.4. The van der Waals surface area contributed by atoms with E-state index in [1.54, 1.807) is 28.4 Å². The molecule has 3 aromatic carbocycles. The van der Waals surface area contributed by atoms with Crippen molar-refractivity contribution in [1.82, 2.24) is 0 Å². The van der Waals surface area contributed by atoms with E-state index < -0.39 is 62.2 Å². The topological polar surface area (TPSA) is 139 Å². The SMILES string of the molecule is COc1ccc(CO[C@@H]2[C@@H](C)[C@H]([C@H](OCc3ccc(OC)cc3)[C@@]3(OC)C[C@H](O)[C@@H](C)[C@@H](CCCCOC(=O)C(C)(C)C)O3)O[C@H](CO[Si](C(C)C)(C(C)C)C(C)C)[C@H]2OCc2ccc(OC)cc2)cc1. The number of aliphatic hydroxyl groups is 1. The monoisotopic (exact) mass is 1010 g/mol. The zero-order chi connectivity index (χ0) is 52.1. The van der Waals surface area contributed by atoms with Crippen LogP contribution in [0, 0.1) is 17.3 Å². The van der Waals surface area contributed by atoms with E-state index in [-0.39, 0.29) is 44.0 Å². The molecule has 10 atom stereocenters. The van der Waals surface area contributed by atoms with Crippen molar-refractivity contribution < 1.29 is 61.7 Å². The van der Waals surface area contributed by atoms with Crippen LogP contribution in [0.2, 0.25) is 16.6 Å². The maximum atomic E-state index is 12.5. The second-order valence-corrected chi connectivity index (χ2v) is 27.1. The number of hydrogen-bond donors (Lipinski definition) is 1. The van der Waals surface area contributed by atoms with E-state index in [2.05, 4.69) is 48.5 Å². The van der Waals surface area contributed by atoms with Gasteiger partial charge in [0.05, 0.1) is 84.2 Å². The average molecular weight is 1010 g/mol. The molecule has 14 heteroatoms. The number of aliphatic hydroxyl groups excluding tert-OH is 1. The van der Waals surface area contributed by atoms with E-state index in [0.29, 0.717) is 49.1 Å². The second kappa shape index (κ2) is 26.6. The van der Waals surface area contributed by atoms with E-state index in [9.17, 15) is 9.90 Å². The van der Waals surface area contributed by atoms with E-state index in [0.717, 1.165) is 33.9 Å². The number of hydrogen-bond acceptors (Lipinski definition) is 13. The molecule has 2 aliphatic rings. The van der Waals surface area contributed by atoms with Gasteiger partial charge in [-0.3, -0.25) is 4.79 Å². The van der Waals surface area contributed by atoms with Gasteiger partial charge in [-0.2, -0.15) is 0 Å². The minimum absolute atomic E-state index is 0.129. The van der Waals surface area contributed by atoms with Gasteiger partial charge in [-0.05, 0) is 110 Å². The van der Waals surface area contributed by atoms with Crippen molar-refractivity contribution in [2.45, 2.75) is 187 Å². The first-order chi connectivity index (χ1) is 33.7. The summed E-state index contributed by atoms with van der Waals surface area (Å²) >= 11 is 0. The number of rotatable bonds is 26. The van der Waals surface area contributed by atoms with Crippen molar-refractivity contribution in [3.05, 3.63) is 89.5 Å². The van der Waals surface area contributed by atoms with Crippen LogP contribution < -0.4 is 14.2 Å². The molecule has 2 aliphatic heterocycles. The zero-order valence-corrected chi connectivity index (χ0v) is 46.6. The summed E-state index contributed by atoms with van der Waals surface area (Å²) in [6.45, 7) is 24.7. The van der Waals surface area contributed by atoms with Gasteiger partial charge in [0.25, 0.3) is 0 Å². The zero-order valence-electron chi connectivity index (χ0n) is 45.6. The van der Waals surface area contributed by atoms with Crippen molar-refractivity contribution in [3.8, 4) is 17.2 Å². The van der Waals surface area contributed by atoms with Crippen molar-refractivity contribution in [1.29, 1.82) is 0 Å². The maximum Gasteiger partial charge on any atom is 0.311 e. The molecule has 398 valence electrons. The summed E-state index contributed by atoms with van der Waals surface area (Å²) < 4.78 is 72.2. The third-order valence-electron chi connectivity index (χ3n) is 14.9. The summed E-state index contributed by atoms with van der Waals surface area (Å²) in [4.78, 5) is 12.5. The second-order valence-electron chi connectivity index (χ2n) is 21.6. The largest absolute Gasteiger partial charge is 0.497 e. The molecule has 0 spiro atoms. The lowest BCUT2D eigenvalue weighted by atomic mass is 9.78. The third kappa shape index (κ3) is 14.8. The van der Waals surface area contributed by atoms with Gasteiger partial charge in [0.15, 0.2) is 14.1 Å². The van der Waals surface area contributed by atoms with Gasteiger partial charge in [-0.15, -0.1) is 0 Å². The molecule has 2 fully saturated rings. The Bertz CT molecular complexity index is 2000. The lowest BCUT2D eigenvalue weighted by molar-refractivity contribution is -0.369. The Kier molecular flexibility index (Phi) is 21.8. The Morgan fingerprint density at radius 2 is 1.17 bits per heavy atom. The molecule has 3 aromatic rings. The number of methoxy groups -OCH3 is 4. The van der Waals surface area contributed by atoms with Crippen LogP contribution in [0.1, 0.15) is 119 Å². The molecule has 0 aliphatic carbocycles. The van der Waals surface area contributed by atoms with Crippen molar-refractivity contribution in [3.63, 3.8) is 0 Å². The van der Waals surface area contributed by atoms with Crippen LogP contribution in [0.15, 0.2) is 72.8 Å². The van der Waals surface area contributed by atoms with Crippen LogP contribution in [0.3, 0.4) is 0 Å². The summed E-state index contributed by atoms with van der Waals surface area (Å²) in [6.07, 6.45) is -2.50. The number of unbranched alkanes of at least 4 members (excludes halogenated alkanes) is 1. The highest BCUT2D eigenvalue weighted by molar-refractivity contribution is 6.77. The summed E-state index contributed by atoms with van der Waals surface area (Å²) in [6, 6.07) is 23.5. The molecular weight excluding hydrogens is 921 g/mol. The molecule has 0 saturated carbocycles. The molecule has 0 bridgehead atoms. The molecule has 0 aromatic heterocycles. The summed E-state index contributed by atoms with van der Waals surface area (Å²) in [7, 11) is 4.13. The van der Waals surface area contributed by atoms with Crippen LogP contribution in [0.5, 0.6) is 17.2 Å². The summed E-state index contributed by atoms with van der Waals surface area (Å²) in [5.41, 5.74) is 3.23. The highest BCUT2D eigenvalue weighted by Crippen LogP contribution is 2.47. The number of carbonyl (C=O) groups excluding carboxylic acids is 1. The van der Waals surface area contributed by atoms with Gasteiger partial charge in [0.1, 0.15) is 35.6 Å². The molecule has 71 heavy (non-hydrogen) atoms. The van der Waals surface area contributed by atoms with Gasteiger partial charge in [0, 0.05) is 25.4 Å². The number of benzene rings is 3. The van der Waals surface area contributed by atoms with Crippen molar-refractivity contribution in [2.75, 3.05) is 41.7 Å². The van der Waals surface area contributed by atoms with Crippen LogP contribution in [-0.2, 0) is 62.2 Å². The van der Waals surface area contributed by atoms with E-state index in [1.165, 1.54) is 0 Å². The predicted molar refractivity (Wildman–Crippen MR) is 278 cm³/mol. The van der Waals surface area contributed by atoms with Gasteiger partial charge in [-0.25, -0.2) is 0 Å². The number of esters is 1. The lowest BCUT2D eigenvalue weighted by Crippen LogP contribution is -2.67. The fourth-order valence-electron chi connectivity index (χ4n) is 10.7. The van der Waals surface area contributed by atoms with Crippen molar-refractivity contribution in [2.24, 2.45) is 17.3 Å². The molecule has 1 N–H and O–H groups in total. The first-order valence-corrected chi connectivity index (χ1v) is 28.0. The normalized spacial score (nSPS) is 25.6. The molecular formula is C57H88O13Si. The molecule has 0 amide bonds. The van der Waals surface area contributed by atoms with Crippen LogP contribution >= 0.6 is 0 Å². The molecule has 2 heterocycles. The Labute approximate surface area is 426 Å². The Morgan fingerprint density at radius 3 is 1.62 bits per heavy atom. The van der Waals surface area contributed by atoms with E-state index in [4.69, 9.17) is 51.8 Å². The van der Waals surface area contributed by atoms with Gasteiger partial charge in [0.2, 0.25) is 0 Å². The predicted octanol–water partition coefficient (Wildman–Crippen LogP) is 11.3. The van der Waals surface area contributed by atoms with Gasteiger partial charge >= 0.3 is 5.97 Å². The van der Waals surface area contributed by atoms with Crippen LogP contribution in [0.25, 0.3) is 0 Å². The highest BCUT2D eigenvalue weighted by Gasteiger charge is 2.59. The van der Waals surface area contributed by atoms with E-state index in [1.807, 2.05) is 100 Å². The quantitative estimate of drug-likeness (QED) is 0.0464. The molecule has 2 saturated heterocycles. The minimum atomic E-state index is -2.44. The van der Waals surface area contributed by atoms with Crippen molar-refractivity contribution >= 4 is 14.3 Å². The van der Waals surface area contributed by atoms with Crippen LogP contribution in [0.4, 0.5) is 0 Å². The van der Waals surface area contributed by atoms with E-state index >= 15 is 0 Å². The fourth-order valence-corrected chi connectivity index (χ4v) is 16.1. The number of ether oxygens (including phenoxy) is 10. The Hall–Kier alpha value is -3.57. The first-order valence-electron chi connectivity index (χ1n) is 25.8. The minimum Gasteiger partial charge on any atom is -0.497 e. The van der Waals surface area contributed by atoms with Gasteiger partial charge in [-0.1, -0.05) is 91.8 Å². The van der Waals surface area contributed by atoms with Crippen LogP contribution in [-0.4, -0.2) is 110 Å². The smallest absolute Gasteiger partial charge is 0.311 e.